The van der Waals surface area contributed by atoms with Crippen molar-refractivity contribution in [2.75, 3.05) is 19.7 Å². The van der Waals surface area contributed by atoms with Crippen molar-refractivity contribution in [3.05, 3.63) is 35.0 Å². The van der Waals surface area contributed by atoms with Crippen LogP contribution in [0.3, 0.4) is 0 Å². The number of aromatic nitrogens is 1. The van der Waals surface area contributed by atoms with Gasteiger partial charge in [-0.15, -0.1) is 0 Å². The lowest BCUT2D eigenvalue weighted by molar-refractivity contribution is -0.0194. The molecule has 26 heavy (non-hydrogen) atoms. The number of H-pyrrole nitrogens is 1. The van der Waals surface area contributed by atoms with Crippen molar-refractivity contribution in [3.63, 3.8) is 0 Å². The van der Waals surface area contributed by atoms with Gasteiger partial charge in [0.25, 0.3) is 5.91 Å². The maximum atomic E-state index is 12.8. The Hall–Kier alpha value is -1.85. The van der Waals surface area contributed by atoms with Crippen molar-refractivity contribution in [1.82, 2.24) is 15.6 Å². The number of aryl methyl sites for hydroxylation is 2. The number of hydrogen-bond donors (Lipinski definition) is 3. The van der Waals surface area contributed by atoms with Crippen LogP contribution in [0.5, 0.6) is 0 Å². The third kappa shape index (κ3) is 2.83. The van der Waals surface area contributed by atoms with E-state index < -0.39 is 0 Å². The Balaban J connectivity index is 1.32. The van der Waals surface area contributed by atoms with Crippen LogP contribution < -0.4 is 10.6 Å². The molecule has 5 rings (SSSR count). The number of aromatic amines is 1. The van der Waals surface area contributed by atoms with Crippen LogP contribution in [0.2, 0.25) is 0 Å². The average molecular weight is 353 g/mol. The normalized spacial score (nSPS) is 24.7. The van der Waals surface area contributed by atoms with Gasteiger partial charge in [0.2, 0.25) is 0 Å². The number of rotatable bonds is 2. The summed E-state index contributed by atoms with van der Waals surface area (Å²) in [6.07, 6.45) is 7.76. The van der Waals surface area contributed by atoms with Crippen LogP contribution in [0.1, 0.15) is 53.7 Å². The van der Waals surface area contributed by atoms with Crippen molar-refractivity contribution in [2.45, 2.75) is 56.6 Å². The Morgan fingerprint density at radius 3 is 2.92 bits per heavy atom. The molecule has 1 aromatic heterocycles. The molecule has 138 valence electrons. The molecule has 1 spiro atoms. The summed E-state index contributed by atoms with van der Waals surface area (Å²) in [5.41, 5.74) is 4.68. The molecule has 0 bridgehead atoms. The van der Waals surface area contributed by atoms with Gasteiger partial charge in [-0.25, -0.2) is 0 Å². The van der Waals surface area contributed by atoms with Gasteiger partial charge < -0.3 is 20.4 Å². The second-order valence-electron chi connectivity index (χ2n) is 8.17. The zero-order valence-corrected chi connectivity index (χ0v) is 15.2. The quantitative estimate of drug-likeness (QED) is 0.778. The van der Waals surface area contributed by atoms with Crippen LogP contribution in [0, 0.1) is 0 Å². The van der Waals surface area contributed by atoms with E-state index >= 15 is 0 Å². The molecule has 1 amide bonds. The highest BCUT2D eigenvalue weighted by atomic mass is 16.5. The summed E-state index contributed by atoms with van der Waals surface area (Å²) in [7, 11) is 0. The Bertz CT molecular complexity index is 835. The summed E-state index contributed by atoms with van der Waals surface area (Å²) in [4.78, 5) is 16.4. The highest BCUT2D eigenvalue weighted by Crippen LogP contribution is 2.34. The summed E-state index contributed by atoms with van der Waals surface area (Å²) in [6.45, 7) is 2.65. The Labute approximate surface area is 153 Å². The zero-order valence-electron chi connectivity index (χ0n) is 15.2. The molecule has 2 saturated heterocycles. The van der Waals surface area contributed by atoms with Crippen LogP contribution in [0.15, 0.2) is 18.2 Å². The number of carbonyl (C=O) groups excluding carboxylic acids is 1. The van der Waals surface area contributed by atoms with Gasteiger partial charge in [0.1, 0.15) is 0 Å². The van der Waals surface area contributed by atoms with E-state index in [1.807, 2.05) is 6.07 Å². The lowest BCUT2D eigenvalue weighted by Gasteiger charge is -2.32. The predicted molar refractivity (Wildman–Crippen MR) is 102 cm³/mol. The minimum absolute atomic E-state index is 0.0210. The molecular formula is C21H27N3O2. The monoisotopic (exact) mass is 353 g/mol. The van der Waals surface area contributed by atoms with Crippen LogP contribution >= 0.6 is 0 Å². The summed E-state index contributed by atoms with van der Waals surface area (Å²) < 4.78 is 6.10. The maximum Gasteiger partial charge on any atom is 0.251 e. The fraction of sp³-hybridized carbons (Fsp3) is 0.571. The summed E-state index contributed by atoms with van der Waals surface area (Å²) in [5.74, 6) is 0.0252. The standard InChI is InChI=1S/C21H27N3O2/c25-20(23-15-12-21(26-13-15)7-9-22-10-8-21)14-5-6-19-17(11-14)16-3-1-2-4-18(16)24-19/h5-6,11,15,22,24H,1-4,7-10,12-13H2,(H,23,25). The smallest absolute Gasteiger partial charge is 0.251 e. The highest BCUT2D eigenvalue weighted by molar-refractivity contribution is 5.99. The van der Waals surface area contributed by atoms with Crippen molar-refractivity contribution in [3.8, 4) is 0 Å². The van der Waals surface area contributed by atoms with Gasteiger partial charge in [-0.05, 0) is 81.8 Å². The topological polar surface area (TPSA) is 66.2 Å². The first-order valence-corrected chi connectivity index (χ1v) is 10.0. The summed E-state index contributed by atoms with van der Waals surface area (Å²) in [6, 6.07) is 6.19. The number of amides is 1. The summed E-state index contributed by atoms with van der Waals surface area (Å²) in [5, 5.41) is 7.82. The average Bonchev–Trinajstić information content (AvgIpc) is 3.23. The lowest BCUT2D eigenvalue weighted by atomic mass is 9.88. The number of hydrogen-bond acceptors (Lipinski definition) is 3. The minimum Gasteiger partial charge on any atom is -0.373 e. The third-order valence-corrected chi connectivity index (χ3v) is 6.42. The fourth-order valence-electron chi connectivity index (χ4n) is 4.98. The number of piperidine rings is 1. The number of nitrogens with one attached hydrogen (secondary N) is 3. The molecule has 2 fully saturated rings. The van der Waals surface area contributed by atoms with Crippen LogP contribution in [0.4, 0.5) is 0 Å². The fourth-order valence-corrected chi connectivity index (χ4v) is 4.98. The van der Waals surface area contributed by atoms with Gasteiger partial charge in [-0.3, -0.25) is 4.79 Å². The molecular weight excluding hydrogens is 326 g/mol. The third-order valence-electron chi connectivity index (χ3n) is 6.42. The van der Waals surface area contributed by atoms with E-state index in [-0.39, 0.29) is 17.6 Å². The van der Waals surface area contributed by atoms with E-state index in [0.29, 0.717) is 6.61 Å². The molecule has 3 heterocycles. The maximum absolute atomic E-state index is 12.8. The van der Waals surface area contributed by atoms with Gasteiger partial charge in [0.15, 0.2) is 0 Å². The van der Waals surface area contributed by atoms with E-state index in [4.69, 9.17) is 4.74 Å². The molecule has 3 N–H and O–H groups in total. The molecule has 1 aliphatic carbocycles. The molecule has 0 saturated carbocycles. The predicted octanol–water partition coefficient (Wildman–Crippen LogP) is 2.69. The molecule has 1 aromatic carbocycles. The van der Waals surface area contributed by atoms with E-state index in [0.717, 1.165) is 56.3 Å². The highest BCUT2D eigenvalue weighted by Gasteiger charge is 2.41. The van der Waals surface area contributed by atoms with E-state index in [1.165, 1.54) is 29.5 Å². The van der Waals surface area contributed by atoms with Crippen molar-refractivity contribution in [2.24, 2.45) is 0 Å². The molecule has 1 atom stereocenters. The number of ether oxygens (including phenoxy) is 1. The second-order valence-corrected chi connectivity index (χ2v) is 8.17. The largest absolute Gasteiger partial charge is 0.373 e. The van der Waals surface area contributed by atoms with Crippen molar-refractivity contribution in [1.29, 1.82) is 0 Å². The summed E-state index contributed by atoms with van der Waals surface area (Å²) >= 11 is 0. The van der Waals surface area contributed by atoms with Gasteiger partial charge in [0.05, 0.1) is 18.2 Å². The van der Waals surface area contributed by atoms with Crippen LogP contribution in [-0.2, 0) is 17.6 Å². The van der Waals surface area contributed by atoms with Crippen molar-refractivity contribution < 1.29 is 9.53 Å². The zero-order chi connectivity index (χ0) is 17.6. The molecule has 0 radical (unpaired) electrons. The number of carbonyl (C=O) groups is 1. The lowest BCUT2D eigenvalue weighted by Crippen LogP contribution is -2.43. The van der Waals surface area contributed by atoms with E-state index in [9.17, 15) is 4.79 Å². The molecule has 3 aliphatic rings. The molecule has 2 aliphatic heterocycles. The first-order valence-electron chi connectivity index (χ1n) is 10.0. The van der Waals surface area contributed by atoms with Crippen LogP contribution in [0.25, 0.3) is 10.9 Å². The Morgan fingerprint density at radius 1 is 1.19 bits per heavy atom. The first-order chi connectivity index (χ1) is 12.7. The molecule has 2 aromatic rings. The van der Waals surface area contributed by atoms with Gasteiger partial charge in [0, 0.05) is 22.2 Å². The second kappa shape index (κ2) is 6.39. The molecule has 5 nitrogen and oxygen atoms in total. The Kier molecular flexibility index (Phi) is 4.02. The molecule has 5 heteroatoms. The first kappa shape index (κ1) is 16.3. The number of benzene rings is 1. The van der Waals surface area contributed by atoms with Crippen LogP contribution in [-0.4, -0.2) is 42.2 Å². The SMILES string of the molecule is O=C(NC1COC2(CCNCC2)C1)c1ccc2[nH]c3c(c2c1)CCCC3. The van der Waals surface area contributed by atoms with Gasteiger partial charge in [-0.1, -0.05) is 0 Å². The van der Waals surface area contributed by atoms with E-state index in [1.54, 1.807) is 0 Å². The van der Waals surface area contributed by atoms with Gasteiger partial charge in [-0.2, -0.15) is 0 Å². The number of fused-ring (bicyclic) bond motifs is 3. The molecule has 1 unspecified atom stereocenters. The Morgan fingerprint density at radius 2 is 2.04 bits per heavy atom. The van der Waals surface area contributed by atoms with E-state index in [2.05, 4.69) is 27.8 Å². The van der Waals surface area contributed by atoms with Gasteiger partial charge >= 0.3 is 0 Å². The minimum atomic E-state index is -0.0210. The van der Waals surface area contributed by atoms with Crippen molar-refractivity contribution >= 4 is 16.8 Å².